The minimum absolute atomic E-state index is 0.154. The van der Waals surface area contributed by atoms with Crippen molar-refractivity contribution in [2.75, 3.05) is 18.4 Å². The van der Waals surface area contributed by atoms with Crippen LogP contribution in [0.5, 0.6) is 0 Å². The van der Waals surface area contributed by atoms with Gasteiger partial charge in [0.1, 0.15) is 0 Å². The maximum atomic E-state index is 12.6. The predicted octanol–water partition coefficient (Wildman–Crippen LogP) is 5.25. The summed E-state index contributed by atoms with van der Waals surface area (Å²) in [5.74, 6) is -0.154. The second-order valence-corrected chi connectivity index (χ2v) is 9.52. The van der Waals surface area contributed by atoms with E-state index in [9.17, 15) is 4.79 Å². The summed E-state index contributed by atoms with van der Waals surface area (Å²) in [7, 11) is 0. The lowest BCUT2D eigenvalue weighted by molar-refractivity contribution is -0.0704. The summed E-state index contributed by atoms with van der Waals surface area (Å²) >= 11 is 7.71. The first kappa shape index (κ1) is 22.0. The molecule has 3 aromatic rings. The molecule has 31 heavy (non-hydrogen) atoms. The van der Waals surface area contributed by atoms with E-state index < -0.39 is 0 Å². The Balaban J connectivity index is 1.34. The summed E-state index contributed by atoms with van der Waals surface area (Å²) in [6.45, 7) is 6.92. The highest BCUT2D eigenvalue weighted by Gasteiger charge is 2.22. The van der Waals surface area contributed by atoms with Crippen LogP contribution in [0.3, 0.4) is 0 Å². The van der Waals surface area contributed by atoms with Gasteiger partial charge < -0.3 is 4.74 Å². The van der Waals surface area contributed by atoms with Gasteiger partial charge in [-0.3, -0.25) is 15.0 Å². The number of benzene rings is 2. The molecular weight excluding hydrogens is 430 g/mol. The summed E-state index contributed by atoms with van der Waals surface area (Å²) in [6.07, 6.45) is 2.97. The fourth-order valence-electron chi connectivity index (χ4n) is 3.88. The zero-order valence-electron chi connectivity index (χ0n) is 17.7. The number of aromatic nitrogens is 1. The third kappa shape index (κ3) is 5.92. The lowest BCUT2D eigenvalue weighted by Crippen LogP contribution is -2.44. The molecule has 0 bridgehead atoms. The van der Waals surface area contributed by atoms with Gasteiger partial charge in [0.05, 0.1) is 12.2 Å². The molecule has 1 fully saturated rings. The molecule has 1 aliphatic heterocycles. The number of anilines is 1. The van der Waals surface area contributed by atoms with E-state index in [4.69, 9.17) is 16.3 Å². The zero-order valence-corrected chi connectivity index (χ0v) is 19.2. The number of halogens is 1. The van der Waals surface area contributed by atoms with Crippen molar-refractivity contribution >= 4 is 34.0 Å². The molecule has 2 aromatic carbocycles. The van der Waals surface area contributed by atoms with E-state index in [1.165, 1.54) is 16.9 Å². The maximum absolute atomic E-state index is 12.6. The van der Waals surface area contributed by atoms with Gasteiger partial charge in [-0.05, 0) is 43.2 Å². The molecule has 0 radical (unpaired) electrons. The molecular formula is C24H26ClN3O2S. The number of hydrogen-bond donors (Lipinski definition) is 1. The highest BCUT2D eigenvalue weighted by atomic mass is 35.5. The van der Waals surface area contributed by atoms with Gasteiger partial charge in [-0.25, -0.2) is 4.98 Å². The predicted molar refractivity (Wildman–Crippen MR) is 126 cm³/mol. The lowest BCUT2D eigenvalue weighted by Gasteiger charge is -2.35. The molecule has 1 aliphatic rings. The standard InChI is InChI=1S/C24H26ClN3O2S/c1-16-13-28(14-17(2)30-16)15-18-7-9-19(10-8-18)23(29)27-24-26-12-21(31-24)11-20-5-3-4-6-22(20)25/h3-10,12,16-17H,11,13-15H2,1-2H3,(H,26,27,29)/t16-,17+. The van der Waals surface area contributed by atoms with E-state index in [1.807, 2.05) is 48.5 Å². The summed E-state index contributed by atoms with van der Waals surface area (Å²) in [6, 6.07) is 15.5. The van der Waals surface area contributed by atoms with E-state index >= 15 is 0 Å². The average Bonchev–Trinajstić information content (AvgIpc) is 3.16. The van der Waals surface area contributed by atoms with E-state index in [2.05, 4.69) is 29.0 Å². The summed E-state index contributed by atoms with van der Waals surface area (Å²) in [5.41, 5.74) is 2.86. The Labute approximate surface area is 192 Å². The molecule has 1 aromatic heterocycles. The van der Waals surface area contributed by atoms with Crippen molar-refractivity contribution in [1.29, 1.82) is 0 Å². The maximum Gasteiger partial charge on any atom is 0.257 e. The van der Waals surface area contributed by atoms with Gasteiger partial charge >= 0.3 is 0 Å². The highest BCUT2D eigenvalue weighted by molar-refractivity contribution is 7.15. The Kier molecular flexibility index (Phi) is 7.02. The van der Waals surface area contributed by atoms with Gasteiger partial charge in [0, 0.05) is 47.7 Å². The lowest BCUT2D eigenvalue weighted by atomic mass is 10.1. The van der Waals surface area contributed by atoms with Crippen molar-refractivity contribution < 1.29 is 9.53 Å². The van der Waals surface area contributed by atoms with E-state index in [0.717, 1.165) is 35.1 Å². The monoisotopic (exact) mass is 455 g/mol. The number of carbonyl (C=O) groups is 1. The largest absolute Gasteiger partial charge is 0.373 e. The molecule has 5 nitrogen and oxygen atoms in total. The molecule has 1 amide bonds. The van der Waals surface area contributed by atoms with Gasteiger partial charge in [-0.2, -0.15) is 0 Å². The average molecular weight is 456 g/mol. The molecule has 162 valence electrons. The topological polar surface area (TPSA) is 54.5 Å². The van der Waals surface area contributed by atoms with Gasteiger partial charge in [-0.1, -0.05) is 41.9 Å². The Morgan fingerprint density at radius 1 is 1.16 bits per heavy atom. The first-order valence-electron chi connectivity index (χ1n) is 10.4. The number of morpholine rings is 1. The van der Waals surface area contributed by atoms with Crippen LogP contribution in [0, 0.1) is 0 Å². The molecule has 0 saturated carbocycles. The second-order valence-electron chi connectivity index (χ2n) is 8.00. The molecule has 1 saturated heterocycles. The minimum atomic E-state index is -0.154. The van der Waals surface area contributed by atoms with Crippen LogP contribution in [-0.2, 0) is 17.7 Å². The normalized spacial score (nSPS) is 19.3. The van der Waals surface area contributed by atoms with Crippen LogP contribution in [0.4, 0.5) is 5.13 Å². The third-order valence-electron chi connectivity index (χ3n) is 5.21. The Hall–Kier alpha value is -2.25. The van der Waals surface area contributed by atoms with Crippen LogP contribution in [-0.4, -0.2) is 41.1 Å². The van der Waals surface area contributed by atoms with Crippen molar-refractivity contribution in [3.63, 3.8) is 0 Å². The number of thiazole rings is 1. The summed E-state index contributed by atoms with van der Waals surface area (Å²) in [4.78, 5) is 20.4. The van der Waals surface area contributed by atoms with Crippen molar-refractivity contribution in [2.45, 2.75) is 39.0 Å². The number of nitrogens with zero attached hydrogens (tertiary/aromatic N) is 2. The fraction of sp³-hybridized carbons (Fsp3) is 0.333. The van der Waals surface area contributed by atoms with Gasteiger partial charge in [0.25, 0.3) is 5.91 Å². The molecule has 7 heteroatoms. The number of amides is 1. The van der Waals surface area contributed by atoms with Crippen molar-refractivity contribution in [3.05, 3.63) is 81.3 Å². The van der Waals surface area contributed by atoms with Crippen LogP contribution < -0.4 is 5.32 Å². The van der Waals surface area contributed by atoms with Crippen LogP contribution in [0.15, 0.2) is 54.7 Å². The highest BCUT2D eigenvalue weighted by Crippen LogP contribution is 2.25. The number of hydrogen-bond acceptors (Lipinski definition) is 5. The van der Waals surface area contributed by atoms with Crippen LogP contribution >= 0.6 is 22.9 Å². The number of carbonyl (C=O) groups excluding carboxylic acids is 1. The number of ether oxygens (including phenoxy) is 1. The fourth-order valence-corrected chi connectivity index (χ4v) is 4.91. The third-order valence-corrected chi connectivity index (χ3v) is 6.50. The Morgan fingerprint density at radius 3 is 2.58 bits per heavy atom. The quantitative estimate of drug-likeness (QED) is 0.551. The Bertz CT molecular complexity index is 1030. The number of nitrogens with one attached hydrogen (secondary N) is 1. The van der Waals surface area contributed by atoms with Gasteiger partial charge in [0.2, 0.25) is 0 Å². The van der Waals surface area contributed by atoms with Crippen LogP contribution in [0.2, 0.25) is 5.02 Å². The molecule has 2 heterocycles. The van der Waals surface area contributed by atoms with Crippen molar-refractivity contribution in [3.8, 4) is 0 Å². The van der Waals surface area contributed by atoms with E-state index in [0.29, 0.717) is 17.1 Å². The summed E-state index contributed by atoms with van der Waals surface area (Å²) < 4.78 is 5.80. The van der Waals surface area contributed by atoms with Crippen molar-refractivity contribution in [2.24, 2.45) is 0 Å². The second kappa shape index (κ2) is 9.92. The van der Waals surface area contributed by atoms with Crippen LogP contribution in [0.25, 0.3) is 0 Å². The first-order valence-corrected chi connectivity index (χ1v) is 11.6. The SMILES string of the molecule is C[C@@H]1CN(Cc2ccc(C(=O)Nc3ncc(Cc4ccccc4Cl)s3)cc2)C[C@H](C)O1. The molecule has 0 spiro atoms. The molecule has 2 atom stereocenters. The zero-order chi connectivity index (χ0) is 21.8. The minimum Gasteiger partial charge on any atom is -0.373 e. The molecule has 1 N–H and O–H groups in total. The van der Waals surface area contributed by atoms with Crippen LogP contribution in [0.1, 0.15) is 40.2 Å². The Morgan fingerprint density at radius 2 is 1.87 bits per heavy atom. The van der Waals surface area contributed by atoms with Gasteiger partial charge in [0.15, 0.2) is 5.13 Å². The van der Waals surface area contributed by atoms with E-state index in [-0.39, 0.29) is 18.1 Å². The summed E-state index contributed by atoms with van der Waals surface area (Å²) in [5, 5.41) is 4.23. The smallest absolute Gasteiger partial charge is 0.257 e. The molecule has 4 rings (SSSR count). The molecule has 0 aliphatic carbocycles. The van der Waals surface area contributed by atoms with Gasteiger partial charge in [-0.15, -0.1) is 11.3 Å². The molecule has 0 unspecified atom stereocenters. The van der Waals surface area contributed by atoms with E-state index in [1.54, 1.807) is 6.20 Å². The van der Waals surface area contributed by atoms with Crippen molar-refractivity contribution in [1.82, 2.24) is 9.88 Å². The first-order chi connectivity index (χ1) is 15.0. The number of rotatable bonds is 6.